The highest BCUT2D eigenvalue weighted by atomic mass is 19.1. The van der Waals surface area contributed by atoms with Crippen molar-refractivity contribution < 1.29 is 9.13 Å². The maximum atomic E-state index is 14.3. The van der Waals surface area contributed by atoms with Gasteiger partial charge >= 0.3 is 0 Å². The molecular formula is C20H19FN6O. The van der Waals surface area contributed by atoms with Crippen molar-refractivity contribution in [3.63, 3.8) is 0 Å². The van der Waals surface area contributed by atoms with Crippen LogP contribution >= 0.6 is 0 Å². The largest absolute Gasteiger partial charge is 0.490 e. The van der Waals surface area contributed by atoms with Crippen LogP contribution in [0.15, 0.2) is 37.2 Å². The Morgan fingerprint density at radius 2 is 2.18 bits per heavy atom. The van der Waals surface area contributed by atoms with Gasteiger partial charge in [0.2, 0.25) is 5.69 Å². The summed E-state index contributed by atoms with van der Waals surface area (Å²) >= 11 is 0. The fourth-order valence-electron chi connectivity index (χ4n) is 3.27. The molecule has 0 saturated heterocycles. The highest BCUT2D eigenvalue weighted by Gasteiger charge is 2.23. The molecule has 0 radical (unpaired) electrons. The molecule has 2 N–H and O–H groups in total. The number of anilines is 1. The lowest BCUT2D eigenvalue weighted by molar-refractivity contribution is 0.220. The summed E-state index contributed by atoms with van der Waals surface area (Å²) in [6.45, 7) is 15.7. The van der Waals surface area contributed by atoms with Crippen LogP contribution in [0.5, 0.6) is 5.75 Å². The van der Waals surface area contributed by atoms with Crippen LogP contribution in [0.4, 0.5) is 15.9 Å². The smallest absolute Gasteiger partial charge is 0.230 e. The fourth-order valence-corrected chi connectivity index (χ4v) is 3.27. The number of hydrogen-bond acceptors (Lipinski definition) is 5. The van der Waals surface area contributed by atoms with Crippen LogP contribution in [0, 0.1) is 12.4 Å². The van der Waals surface area contributed by atoms with Gasteiger partial charge in [-0.2, -0.15) is 5.10 Å². The van der Waals surface area contributed by atoms with Gasteiger partial charge in [-0.15, -0.1) is 0 Å². The van der Waals surface area contributed by atoms with Crippen molar-refractivity contribution in [2.24, 2.45) is 0 Å². The maximum Gasteiger partial charge on any atom is 0.230 e. The van der Waals surface area contributed by atoms with E-state index >= 15 is 0 Å². The summed E-state index contributed by atoms with van der Waals surface area (Å²) in [6.07, 6.45) is 3.25. The van der Waals surface area contributed by atoms with Crippen LogP contribution in [0.3, 0.4) is 0 Å². The predicted molar refractivity (Wildman–Crippen MR) is 105 cm³/mol. The van der Waals surface area contributed by atoms with E-state index in [-0.39, 0.29) is 11.8 Å². The molecule has 0 unspecified atom stereocenters. The second-order valence-electron chi connectivity index (χ2n) is 6.71. The first-order chi connectivity index (χ1) is 13.5. The summed E-state index contributed by atoms with van der Waals surface area (Å²) < 4.78 is 22.0. The number of nitrogens with zero attached hydrogens (tertiary/aromatic N) is 4. The first kappa shape index (κ1) is 17.8. The Balaban J connectivity index is 1.87. The first-order valence-electron chi connectivity index (χ1n) is 8.88. The van der Waals surface area contributed by atoms with E-state index in [0.717, 1.165) is 5.56 Å². The minimum atomic E-state index is -0.573. The first-order valence-corrected chi connectivity index (χ1v) is 8.88. The number of ether oxygens (including phenoxy) is 1. The second-order valence-corrected chi connectivity index (χ2v) is 6.71. The van der Waals surface area contributed by atoms with E-state index in [9.17, 15) is 4.39 Å². The maximum absolute atomic E-state index is 14.3. The molecule has 0 spiro atoms. The zero-order valence-corrected chi connectivity index (χ0v) is 15.5. The molecule has 3 heterocycles. The van der Waals surface area contributed by atoms with Crippen molar-refractivity contribution in [1.29, 1.82) is 0 Å². The van der Waals surface area contributed by atoms with Gasteiger partial charge in [0, 0.05) is 23.5 Å². The molecule has 8 heteroatoms. The van der Waals surface area contributed by atoms with Crippen LogP contribution in [-0.2, 0) is 0 Å². The normalized spacial score (nSPS) is 19.3. The molecule has 0 saturated carbocycles. The monoisotopic (exact) mass is 378 g/mol. The van der Waals surface area contributed by atoms with Crippen molar-refractivity contribution in [2.45, 2.75) is 26.0 Å². The minimum Gasteiger partial charge on any atom is -0.490 e. The molecule has 3 aromatic rings. The van der Waals surface area contributed by atoms with E-state index in [1.807, 2.05) is 13.8 Å². The van der Waals surface area contributed by atoms with Crippen molar-refractivity contribution in [3.8, 4) is 5.75 Å². The highest BCUT2D eigenvalue weighted by Crippen LogP contribution is 2.38. The van der Waals surface area contributed by atoms with Crippen LogP contribution in [-0.4, -0.2) is 27.2 Å². The number of rotatable bonds is 0. The lowest BCUT2D eigenvalue weighted by Crippen LogP contribution is -2.28. The Labute approximate surface area is 161 Å². The van der Waals surface area contributed by atoms with E-state index in [2.05, 4.69) is 32.1 Å². The van der Waals surface area contributed by atoms with Crippen molar-refractivity contribution in [3.05, 3.63) is 65.5 Å². The Bertz CT molecular complexity index is 1120. The van der Waals surface area contributed by atoms with Crippen LogP contribution in [0.25, 0.3) is 16.2 Å². The van der Waals surface area contributed by atoms with E-state index in [0.29, 0.717) is 35.0 Å². The number of hydrogen-bond donors (Lipinski definition) is 2. The predicted octanol–water partition coefficient (Wildman–Crippen LogP) is 3.93. The number of fused-ring (bicyclic) bond motifs is 2. The van der Waals surface area contributed by atoms with E-state index in [1.165, 1.54) is 6.07 Å². The van der Waals surface area contributed by atoms with Gasteiger partial charge < -0.3 is 15.4 Å². The standard InChI is InChI=1S/C20H19FN6O/c1-11-9-23-12(2)14-10-24-27-8-7-17(26-20(14)27)25-13(3)18-16(28-11)6-5-15(21)19(18)22-4/h5-8,10-11,13,23H,2,9H2,1,3H3,(H,25,26)/t11-,13+/m0/s1. The molecule has 0 fully saturated rings. The number of halogens is 1. The van der Waals surface area contributed by atoms with Crippen LogP contribution in [0.1, 0.15) is 31.0 Å². The molecule has 4 rings (SSSR count). The highest BCUT2D eigenvalue weighted by molar-refractivity contribution is 5.74. The molecule has 7 nitrogen and oxygen atoms in total. The molecule has 2 bridgehead atoms. The topological polar surface area (TPSA) is 67.8 Å². The Hall–Kier alpha value is -3.60. The van der Waals surface area contributed by atoms with Gasteiger partial charge in [0.05, 0.1) is 24.9 Å². The zero-order valence-electron chi connectivity index (χ0n) is 15.5. The van der Waals surface area contributed by atoms with Gasteiger partial charge in [-0.25, -0.2) is 18.7 Å². The summed E-state index contributed by atoms with van der Waals surface area (Å²) in [5.41, 5.74) is 2.53. The van der Waals surface area contributed by atoms with Crippen molar-refractivity contribution in [1.82, 2.24) is 19.9 Å². The zero-order chi connectivity index (χ0) is 19.8. The van der Waals surface area contributed by atoms with Gasteiger partial charge in [-0.05, 0) is 32.0 Å². The molecule has 1 aliphatic heterocycles. The lowest BCUT2D eigenvalue weighted by atomic mass is 10.0. The third kappa shape index (κ3) is 3.01. The SMILES string of the molecule is [C-]#[N+]c1c(F)ccc2c1[C@@H](C)Nc1ccn3ncc(c3n1)C(=C)NC[C@H](C)O2. The van der Waals surface area contributed by atoms with E-state index in [1.54, 1.807) is 29.0 Å². The Kier molecular flexibility index (Phi) is 4.35. The third-order valence-corrected chi connectivity index (χ3v) is 4.66. The van der Waals surface area contributed by atoms with Gasteiger partial charge in [0.1, 0.15) is 23.5 Å². The lowest BCUT2D eigenvalue weighted by Gasteiger charge is -2.23. The van der Waals surface area contributed by atoms with Crippen molar-refractivity contribution in [2.75, 3.05) is 11.9 Å². The Morgan fingerprint density at radius 3 is 2.96 bits per heavy atom. The van der Waals surface area contributed by atoms with Gasteiger partial charge in [-0.1, -0.05) is 6.58 Å². The quantitative estimate of drug-likeness (QED) is 0.580. The molecular weight excluding hydrogens is 359 g/mol. The minimum absolute atomic E-state index is 0.0527. The number of benzene rings is 1. The molecule has 142 valence electrons. The van der Waals surface area contributed by atoms with Crippen molar-refractivity contribution >= 4 is 22.8 Å². The van der Waals surface area contributed by atoms with Gasteiger partial charge in [-0.3, -0.25) is 0 Å². The molecule has 0 amide bonds. The molecule has 0 aliphatic carbocycles. The molecule has 2 aromatic heterocycles. The van der Waals surface area contributed by atoms with E-state index in [4.69, 9.17) is 11.3 Å². The summed E-state index contributed by atoms with van der Waals surface area (Å²) in [5.74, 6) is 0.472. The molecule has 1 aromatic carbocycles. The Morgan fingerprint density at radius 1 is 1.36 bits per heavy atom. The number of nitrogens with one attached hydrogen (secondary N) is 2. The fraction of sp³-hybridized carbons (Fsp3) is 0.250. The van der Waals surface area contributed by atoms with Crippen LogP contribution < -0.4 is 15.4 Å². The average molecular weight is 378 g/mol. The molecule has 2 atom stereocenters. The van der Waals surface area contributed by atoms with Gasteiger partial charge in [0.25, 0.3) is 0 Å². The summed E-state index contributed by atoms with van der Waals surface area (Å²) in [4.78, 5) is 8.03. The number of aromatic nitrogens is 3. The van der Waals surface area contributed by atoms with E-state index < -0.39 is 11.9 Å². The molecule has 1 aliphatic rings. The summed E-state index contributed by atoms with van der Waals surface area (Å²) in [5, 5.41) is 10.8. The van der Waals surface area contributed by atoms with Gasteiger partial charge in [0.15, 0.2) is 5.65 Å². The second kappa shape index (κ2) is 6.85. The van der Waals surface area contributed by atoms with Crippen LogP contribution in [0.2, 0.25) is 0 Å². The summed E-state index contributed by atoms with van der Waals surface area (Å²) in [7, 11) is 0. The molecule has 28 heavy (non-hydrogen) atoms. The average Bonchev–Trinajstić information content (AvgIpc) is 3.09. The third-order valence-electron chi connectivity index (χ3n) is 4.66. The summed E-state index contributed by atoms with van der Waals surface area (Å²) in [6, 6.07) is 4.20.